The summed E-state index contributed by atoms with van der Waals surface area (Å²) >= 11 is 12.8. The number of anilines is 1. The molecule has 2 aromatic carbocycles. The fourth-order valence-electron chi connectivity index (χ4n) is 4.89. The van der Waals surface area contributed by atoms with Crippen molar-refractivity contribution in [1.29, 1.82) is 0 Å². The van der Waals surface area contributed by atoms with Gasteiger partial charge in [-0.15, -0.1) is 0 Å². The first kappa shape index (κ1) is 19.9. The SMILES string of the molecule is CN1Cc2c(Cl)cc(Cl)cc2[C@H](c2cccc(NC3=C(N4CCCC4)CC3=O)c2)C1. The first-order chi connectivity index (χ1) is 14.5. The predicted molar refractivity (Wildman–Crippen MR) is 122 cm³/mol. The molecule has 0 unspecified atom stereocenters. The number of likely N-dealkylation sites (N-methyl/N-ethyl adjacent to an activating group) is 1. The molecule has 0 saturated carbocycles. The van der Waals surface area contributed by atoms with Crippen LogP contribution in [0.5, 0.6) is 0 Å². The Labute approximate surface area is 187 Å². The first-order valence-corrected chi connectivity index (χ1v) is 11.3. The number of rotatable bonds is 4. The number of hydrogen-bond donors (Lipinski definition) is 1. The number of benzene rings is 2. The number of carbonyl (C=O) groups is 1. The number of hydrogen-bond acceptors (Lipinski definition) is 4. The van der Waals surface area contributed by atoms with Gasteiger partial charge >= 0.3 is 0 Å². The Morgan fingerprint density at radius 2 is 1.90 bits per heavy atom. The summed E-state index contributed by atoms with van der Waals surface area (Å²) in [4.78, 5) is 16.9. The van der Waals surface area contributed by atoms with Crippen molar-refractivity contribution in [2.24, 2.45) is 0 Å². The van der Waals surface area contributed by atoms with Gasteiger partial charge in [0.25, 0.3) is 0 Å². The number of allylic oxidation sites excluding steroid dienone is 2. The molecule has 5 rings (SSSR count). The van der Waals surface area contributed by atoms with Crippen molar-refractivity contribution >= 4 is 34.7 Å². The smallest absolute Gasteiger partial charge is 0.186 e. The summed E-state index contributed by atoms with van der Waals surface area (Å²) < 4.78 is 0. The van der Waals surface area contributed by atoms with Crippen molar-refractivity contribution in [3.63, 3.8) is 0 Å². The van der Waals surface area contributed by atoms with Crippen LogP contribution in [0.2, 0.25) is 10.0 Å². The van der Waals surface area contributed by atoms with Gasteiger partial charge in [0, 0.05) is 53.5 Å². The van der Waals surface area contributed by atoms with E-state index in [2.05, 4.69) is 40.4 Å². The normalized spacial score (nSPS) is 21.6. The minimum absolute atomic E-state index is 0.181. The molecule has 1 aliphatic carbocycles. The van der Waals surface area contributed by atoms with Crippen molar-refractivity contribution < 1.29 is 4.79 Å². The molecule has 0 aromatic heterocycles. The summed E-state index contributed by atoms with van der Waals surface area (Å²) in [6.07, 6.45) is 2.97. The van der Waals surface area contributed by atoms with Crippen LogP contribution in [0.15, 0.2) is 47.8 Å². The lowest BCUT2D eigenvalue weighted by molar-refractivity contribution is -0.117. The highest BCUT2D eigenvalue weighted by Gasteiger charge is 2.33. The van der Waals surface area contributed by atoms with Crippen LogP contribution in [-0.2, 0) is 11.3 Å². The van der Waals surface area contributed by atoms with E-state index in [9.17, 15) is 4.79 Å². The fourth-order valence-corrected chi connectivity index (χ4v) is 5.46. The highest BCUT2D eigenvalue weighted by Crippen LogP contribution is 2.39. The van der Waals surface area contributed by atoms with Crippen molar-refractivity contribution in [3.8, 4) is 0 Å². The van der Waals surface area contributed by atoms with E-state index in [4.69, 9.17) is 23.2 Å². The van der Waals surface area contributed by atoms with Crippen LogP contribution in [0, 0.1) is 0 Å². The molecule has 2 aliphatic heterocycles. The third-order valence-corrected chi connectivity index (χ3v) is 6.99. The summed E-state index contributed by atoms with van der Waals surface area (Å²) in [5.74, 6) is 0.379. The van der Waals surface area contributed by atoms with Crippen LogP contribution in [0.3, 0.4) is 0 Å². The van der Waals surface area contributed by atoms with Gasteiger partial charge in [-0.25, -0.2) is 0 Å². The zero-order valence-corrected chi connectivity index (χ0v) is 18.6. The van der Waals surface area contributed by atoms with Crippen molar-refractivity contribution in [2.75, 3.05) is 32.0 Å². The first-order valence-electron chi connectivity index (χ1n) is 10.5. The standard InChI is InChI=1S/C24H25Cl2N3O/c1-28-13-19(18-10-16(25)11-21(26)20(18)14-28)15-5-4-6-17(9-15)27-24-22(12-23(24)30)29-7-2-3-8-29/h4-6,9-11,19,27H,2-3,7-8,12-14H2,1H3/t19-/m0/s1. The van der Waals surface area contributed by atoms with E-state index in [1.165, 1.54) is 29.7 Å². The number of Topliss-reactive ketones (excluding diaryl/α,β-unsaturated/α-hetero) is 1. The highest BCUT2D eigenvalue weighted by molar-refractivity contribution is 6.35. The van der Waals surface area contributed by atoms with Crippen LogP contribution in [0.1, 0.15) is 41.9 Å². The third kappa shape index (κ3) is 3.62. The second-order valence-electron chi connectivity index (χ2n) is 8.57. The largest absolute Gasteiger partial charge is 0.373 e. The zero-order valence-electron chi connectivity index (χ0n) is 17.0. The zero-order chi connectivity index (χ0) is 20.8. The number of fused-ring (bicyclic) bond motifs is 1. The molecule has 1 fully saturated rings. The monoisotopic (exact) mass is 441 g/mol. The Balaban J connectivity index is 1.46. The average Bonchev–Trinajstić information content (AvgIpc) is 3.25. The van der Waals surface area contributed by atoms with E-state index in [0.717, 1.165) is 48.1 Å². The molecule has 0 radical (unpaired) electrons. The van der Waals surface area contributed by atoms with Crippen molar-refractivity contribution in [2.45, 2.75) is 31.7 Å². The molecule has 2 heterocycles. The molecule has 4 nitrogen and oxygen atoms in total. The Kier molecular flexibility index (Phi) is 5.26. The van der Waals surface area contributed by atoms with Crippen LogP contribution < -0.4 is 5.32 Å². The van der Waals surface area contributed by atoms with Gasteiger partial charge in [0.05, 0.1) is 6.42 Å². The van der Waals surface area contributed by atoms with E-state index in [1.54, 1.807) is 0 Å². The molecule has 3 aliphatic rings. The maximum atomic E-state index is 12.3. The van der Waals surface area contributed by atoms with Crippen molar-refractivity contribution in [1.82, 2.24) is 9.80 Å². The number of ketones is 1. The highest BCUT2D eigenvalue weighted by atomic mass is 35.5. The minimum Gasteiger partial charge on any atom is -0.373 e. The van der Waals surface area contributed by atoms with Gasteiger partial charge in [0.15, 0.2) is 5.78 Å². The molecule has 6 heteroatoms. The van der Waals surface area contributed by atoms with Gasteiger partial charge in [-0.3, -0.25) is 4.79 Å². The summed E-state index contributed by atoms with van der Waals surface area (Å²) in [5, 5.41) is 4.81. The van der Waals surface area contributed by atoms with E-state index < -0.39 is 0 Å². The molecule has 0 bridgehead atoms. The molecule has 1 N–H and O–H groups in total. The topological polar surface area (TPSA) is 35.6 Å². The van der Waals surface area contributed by atoms with Crippen LogP contribution >= 0.6 is 23.2 Å². The Morgan fingerprint density at radius 3 is 2.67 bits per heavy atom. The molecule has 0 amide bonds. The number of carbonyl (C=O) groups excluding carboxylic acids is 1. The Morgan fingerprint density at radius 1 is 1.10 bits per heavy atom. The maximum absolute atomic E-state index is 12.3. The number of likely N-dealkylation sites (tertiary alicyclic amines) is 1. The summed E-state index contributed by atoms with van der Waals surface area (Å²) in [6.45, 7) is 3.83. The quantitative estimate of drug-likeness (QED) is 0.701. The molecular formula is C24H25Cl2N3O. The Hall–Kier alpha value is -2.01. The van der Waals surface area contributed by atoms with Crippen molar-refractivity contribution in [3.05, 3.63) is 74.5 Å². The van der Waals surface area contributed by atoms with E-state index >= 15 is 0 Å². The molecule has 0 spiro atoms. The number of nitrogens with one attached hydrogen (secondary N) is 1. The number of nitrogens with zero attached hydrogens (tertiary/aromatic N) is 2. The van der Waals surface area contributed by atoms with Gasteiger partial charge < -0.3 is 15.1 Å². The lowest BCUT2D eigenvalue weighted by atomic mass is 9.84. The number of halogens is 2. The summed E-state index contributed by atoms with van der Waals surface area (Å²) in [6, 6.07) is 12.3. The van der Waals surface area contributed by atoms with E-state index in [-0.39, 0.29) is 11.7 Å². The molecule has 1 atom stereocenters. The lowest BCUT2D eigenvalue weighted by Crippen LogP contribution is -2.34. The third-order valence-electron chi connectivity index (χ3n) is 6.43. The Bertz CT molecular complexity index is 1040. The van der Waals surface area contributed by atoms with Gasteiger partial charge in [-0.05, 0) is 60.8 Å². The molecule has 30 heavy (non-hydrogen) atoms. The van der Waals surface area contributed by atoms with E-state index in [1.807, 2.05) is 18.2 Å². The molecular weight excluding hydrogens is 417 g/mol. The molecule has 156 valence electrons. The van der Waals surface area contributed by atoms with Gasteiger partial charge in [0.1, 0.15) is 5.70 Å². The lowest BCUT2D eigenvalue weighted by Gasteiger charge is -2.34. The van der Waals surface area contributed by atoms with Gasteiger partial charge in [-0.1, -0.05) is 35.3 Å². The average molecular weight is 442 g/mol. The van der Waals surface area contributed by atoms with Gasteiger partial charge in [-0.2, -0.15) is 0 Å². The predicted octanol–water partition coefficient (Wildman–Crippen LogP) is 5.26. The summed E-state index contributed by atoms with van der Waals surface area (Å²) in [7, 11) is 2.11. The summed E-state index contributed by atoms with van der Waals surface area (Å²) in [5.41, 5.74) is 6.42. The maximum Gasteiger partial charge on any atom is 0.186 e. The minimum atomic E-state index is 0.181. The second kappa shape index (κ2) is 7.92. The molecule has 2 aromatic rings. The van der Waals surface area contributed by atoms with Crippen LogP contribution in [0.25, 0.3) is 0 Å². The van der Waals surface area contributed by atoms with E-state index in [0.29, 0.717) is 11.4 Å². The van der Waals surface area contributed by atoms with Crippen LogP contribution in [0.4, 0.5) is 5.69 Å². The molecule has 1 saturated heterocycles. The fraction of sp³-hybridized carbons (Fsp3) is 0.375. The van der Waals surface area contributed by atoms with Gasteiger partial charge in [0.2, 0.25) is 0 Å². The second-order valence-corrected chi connectivity index (χ2v) is 9.41. The van der Waals surface area contributed by atoms with Crippen LogP contribution in [-0.4, -0.2) is 42.3 Å².